The van der Waals surface area contributed by atoms with Crippen molar-refractivity contribution in [1.29, 1.82) is 0 Å². The molecule has 5 heteroatoms. The van der Waals surface area contributed by atoms with Crippen LogP contribution in [0.1, 0.15) is 11.5 Å². The molecule has 2 aromatic rings. The molecule has 0 N–H and O–H groups in total. The van der Waals surface area contributed by atoms with E-state index in [0.29, 0.717) is 18.4 Å². The monoisotopic (exact) mass is 282 g/mol. The lowest BCUT2D eigenvalue weighted by atomic mass is 10.1. The third kappa shape index (κ3) is 2.31. The zero-order valence-electron chi connectivity index (χ0n) is 9.03. The van der Waals surface area contributed by atoms with Gasteiger partial charge < -0.3 is 9.15 Å². The highest BCUT2D eigenvalue weighted by Gasteiger charge is 2.11. The molecular weight excluding hydrogens is 272 g/mol. The van der Waals surface area contributed by atoms with Crippen LogP contribution in [0.15, 0.2) is 27.1 Å². The fraction of sp³-hybridized carbons (Fsp3) is 0.273. The van der Waals surface area contributed by atoms with Gasteiger partial charge in [0.05, 0.1) is 6.61 Å². The molecule has 0 bridgehead atoms. The highest BCUT2D eigenvalue weighted by molar-refractivity contribution is 9.10. The highest BCUT2D eigenvalue weighted by atomic mass is 79.9. The second kappa shape index (κ2) is 4.76. The standard InChI is InChI=1S/C11H11BrN2O2/c1-7-13-14-11(16-7)10-4-3-9(12)5-8(10)6-15-2/h3-5H,6H2,1-2H3. The molecule has 0 saturated heterocycles. The van der Waals surface area contributed by atoms with Crippen LogP contribution in [-0.2, 0) is 11.3 Å². The topological polar surface area (TPSA) is 48.2 Å². The summed E-state index contributed by atoms with van der Waals surface area (Å²) in [7, 11) is 1.66. The van der Waals surface area contributed by atoms with Crippen molar-refractivity contribution in [1.82, 2.24) is 10.2 Å². The van der Waals surface area contributed by atoms with Crippen LogP contribution in [0.3, 0.4) is 0 Å². The van der Waals surface area contributed by atoms with Gasteiger partial charge in [0.15, 0.2) is 0 Å². The summed E-state index contributed by atoms with van der Waals surface area (Å²) < 4.78 is 11.5. The summed E-state index contributed by atoms with van der Waals surface area (Å²) in [4.78, 5) is 0. The van der Waals surface area contributed by atoms with Crippen molar-refractivity contribution in [2.24, 2.45) is 0 Å². The van der Waals surface area contributed by atoms with E-state index in [1.165, 1.54) is 0 Å². The van der Waals surface area contributed by atoms with Crippen molar-refractivity contribution in [3.05, 3.63) is 34.1 Å². The SMILES string of the molecule is COCc1cc(Br)ccc1-c1nnc(C)o1. The maximum absolute atomic E-state index is 5.40. The predicted octanol–water partition coefficient (Wildman–Crippen LogP) is 2.95. The first kappa shape index (κ1) is 11.3. The zero-order valence-corrected chi connectivity index (χ0v) is 10.6. The lowest BCUT2D eigenvalue weighted by Gasteiger charge is -2.05. The molecular formula is C11H11BrN2O2. The van der Waals surface area contributed by atoms with Gasteiger partial charge in [-0.05, 0) is 23.8 Å². The van der Waals surface area contributed by atoms with Crippen molar-refractivity contribution in [3.8, 4) is 11.5 Å². The molecule has 1 aromatic heterocycles. The Labute approximate surface area is 102 Å². The average molecular weight is 283 g/mol. The second-order valence-corrected chi connectivity index (χ2v) is 4.28. The number of methoxy groups -OCH3 is 1. The summed E-state index contributed by atoms with van der Waals surface area (Å²) in [5.74, 6) is 1.08. The quantitative estimate of drug-likeness (QED) is 0.869. The van der Waals surface area contributed by atoms with E-state index < -0.39 is 0 Å². The van der Waals surface area contributed by atoms with Gasteiger partial charge in [0, 0.05) is 24.1 Å². The summed E-state index contributed by atoms with van der Waals surface area (Å²) in [6.07, 6.45) is 0. The molecule has 1 heterocycles. The fourth-order valence-corrected chi connectivity index (χ4v) is 1.86. The van der Waals surface area contributed by atoms with Crippen LogP contribution >= 0.6 is 15.9 Å². The average Bonchev–Trinajstić information content (AvgIpc) is 2.65. The summed E-state index contributed by atoms with van der Waals surface area (Å²) >= 11 is 3.42. The van der Waals surface area contributed by atoms with Crippen LogP contribution in [0.5, 0.6) is 0 Å². The van der Waals surface area contributed by atoms with Crippen molar-refractivity contribution in [3.63, 3.8) is 0 Å². The number of rotatable bonds is 3. The van der Waals surface area contributed by atoms with Gasteiger partial charge in [0.1, 0.15) is 0 Å². The number of ether oxygens (including phenoxy) is 1. The first-order valence-electron chi connectivity index (χ1n) is 4.78. The minimum atomic E-state index is 0.510. The van der Waals surface area contributed by atoms with Crippen molar-refractivity contribution in [2.75, 3.05) is 7.11 Å². The minimum absolute atomic E-state index is 0.510. The Bertz CT molecular complexity index is 496. The maximum atomic E-state index is 5.40. The van der Waals surface area contributed by atoms with Gasteiger partial charge in [-0.1, -0.05) is 15.9 Å². The normalized spacial score (nSPS) is 10.7. The van der Waals surface area contributed by atoms with Crippen LogP contribution in [0, 0.1) is 6.92 Å². The third-order valence-electron chi connectivity index (χ3n) is 2.12. The van der Waals surface area contributed by atoms with E-state index >= 15 is 0 Å². The lowest BCUT2D eigenvalue weighted by Crippen LogP contribution is -1.92. The number of aromatic nitrogens is 2. The van der Waals surface area contributed by atoms with Crippen LogP contribution in [-0.4, -0.2) is 17.3 Å². The summed E-state index contributed by atoms with van der Waals surface area (Å²) in [6, 6.07) is 5.86. The maximum Gasteiger partial charge on any atom is 0.248 e. The van der Waals surface area contributed by atoms with E-state index in [-0.39, 0.29) is 0 Å². The van der Waals surface area contributed by atoms with E-state index in [4.69, 9.17) is 9.15 Å². The Kier molecular flexibility index (Phi) is 3.36. The molecule has 0 fully saturated rings. The second-order valence-electron chi connectivity index (χ2n) is 3.36. The highest BCUT2D eigenvalue weighted by Crippen LogP contribution is 2.26. The van der Waals surface area contributed by atoms with Gasteiger partial charge in [0.25, 0.3) is 0 Å². The van der Waals surface area contributed by atoms with Gasteiger partial charge in [-0.2, -0.15) is 0 Å². The molecule has 16 heavy (non-hydrogen) atoms. The number of aryl methyl sites for hydroxylation is 1. The molecule has 0 atom stereocenters. The first-order valence-corrected chi connectivity index (χ1v) is 5.58. The Morgan fingerprint density at radius 2 is 2.19 bits per heavy atom. The minimum Gasteiger partial charge on any atom is -0.421 e. The van der Waals surface area contributed by atoms with Crippen LogP contribution in [0.4, 0.5) is 0 Å². The van der Waals surface area contributed by atoms with Crippen LogP contribution < -0.4 is 0 Å². The number of hydrogen-bond donors (Lipinski definition) is 0. The lowest BCUT2D eigenvalue weighted by molar-refractivity contribution is 0.185. The van der Waals surface area contributed by atoms with Gasteiger partial charge in [0.2, 0.25) is 11.8 Å². The molecule has 1 aromatic carbocycles. The van der Waals surface area contributed by atoms with Gasteiger partial charge in [-0.3, -0.25) is 0 Å². The van der Waals surface area contributed by atoms with E-state index in [9.17, 15) is 0 Å². The van der Waals surface area contributed by atoms with Crippen LogP contribution in [0.25, 0.3) is 11.5 Å². The van der Waals surface area contributed by atoms with Crippen molar-refractivity contribution < 1.29 is 9.15 Å². The molecule has 4 nitrogen and oxygen atoms in total. The first-order chi connectivity index (χ1) is 7.70. The molecule has 84 valence electrons. The van der Waals surface area contributed by atoms with Crippen molar-refractivity contribution in [2.45, 2.75) is 13.5 Å². The molecule has 2 rings (SSSR count). The number of benzene rings is 1. The molecule has 0 saturated carbocycles. The molecule has 0 aliphatic heterocycles. The van der Waals surface area contributed by atoms with E-state index in [1.54, 1.807) is 14.0 Å². The Morgan fingerprint density at radius 3 is 2.81 bits per heavy atom. The van der Waals surface area contributed by atoms with E-state index in [0.717, 1.165) is 15.6 Å². The molecule has 0 aliphatic rings. The summed E-state index contributed by atoms with van der Waals surface area (Å²) in [5.41, 5.74) is 1.92. The Morgan fingerprint density at radius 1 is 1.38 bits per heavy atom. The Balaban J connectivity index is 2.47. The number of halogens is 1. The molecule has 0 amide bonds. The third-order valence-corrected chi connectivity index (χ3v) is 2.62. The number of hydrogen-bond acceptors (Lipinski definition) is 4. The largest absolute Gasteiger partial charge is 0.421 e. The molecule has 0 unspecified atom stereocenters. The molecule has 0 radical (unpaired) electrons. The predicted molar refractivity (Wildman–Crippen MR) is 62.9 cm³/mol. The van der Waals surface area contributed by atoms with E-state index in [2.05, 4.69) is 26.1 Å². The number of nitrogens with zero attached hydrogens (tertiary/aromatic N) is 2. The Hall–Kier alpha value is -1.20. The van der Waals surface area contributed by atoms with Gasteiger partial charge >= 0.3 is 0 Å². The van der Waals surface area contributed by atoms with Gasteiger partial charge in [-0.25, -0.2) is 0 Å². The molecule has 0 spiro atoms. The summed E-state index contributed by atoms with van der Waals surface area (Å²) in [6.45, 7) is 2.28. The fourth-order valence-electron chi connectivity index (χ4n) is 1.45. The zero-order chi connectivity index (χ0) is 11.5. The molecule has 0 aliphatic carbocycles. The van der Waals surface area contributed by atoms with Crippen LogP contribution in [0.2, 0.25) is 0 Å². The van der Waals surface area contributed by atoms with Gasteiger partial charge in [-0.15, -0.1) is 10.2 Å². The van der Waals surface area contributed by atoms with Crippen molar-refractivity contribution >= 4 is 15.9 Å². The smallest absolute Gasteiger partial charge is 0.248 e. The summed E-state index contributed by atoms with van der Waals surface area (Å²) in [5, 5.41) is 7.82. The van der Waals surface area contributed by atoms with E-state index in [1.807, 2.05) is 18.2 Å².